The minimum Gasteiger partial charge on any atom is -0.378 e. The van der Waals surface area contributed by atoms with Gasteiger partial charge in [-0.05, 0) is 29.8 Å². The van der Waals surface area contributed by atoms with E-state index in [0.29, 0.717) is 5.56 Å². The first kappa shape index (κ1) is 18.0. The van der Waals surface area contributed by atoms with Crippen molar-refractivity contribution in [3.8, 4) is 0 Å². The fourth-order valence-electron chi connectivity index (χ4n) is 2.40. The van der Waals surface area contributed by atoms with E-state index in [1.807, 2.05) is 31.1 Å². The Kier molecular flexibility index (Phi) is 5.62. The Morgan fingerprint density at radius 2 is 1.62 bits per heavy atom. The molecule has 1 atom stereocenters. The Morgan fingerprint density at radius 1 is 1.04 bits per heavy atom. The third kappa shape index (κ3) is 4.14. The number of amides is 1. The summed E-state index contributed by atoms with van der Waals surface area (Å²) in [7, 11) is 0.231. The number of hydrogen-bond donors (Lipinski definition) is 1. The molecule has 0 bridgehead atoms. The van der Waals surface area contributed by atoms with Gasteiger partial charge in [0.15, 0.2) is 9.84 Å². The normalized spacial score (nSPS) is 12.5. The minimum absolute atomic E-state index is 0.0356. The monoisotopic (exact) mass is 346 g/mol. The fraction of sp³-hybridized carbons (Fsp3) is 0.278. The van der Waals surface area contributed by atoms with E-state index in [1.54, 1.807) is 42.5 Å². The number of hydrogen-bond acceptors (Lipinski definition) is 4. The number of carbonyl (C=O) groups is 1. The molecule has 2 rings (SSSR count). The van der Waals surface area contributed by atoms with Crippen LogP contribution in [0, 0.1) is 0 Å². The summed E-state index contributed by atoms with van der Waals surface area (Å²) >= 11 is 0. The van der Waals surface area contributed by atoms with Crippen LogP contribution in [0.3, 0.4) is 0 Å². The molecule has 0 saturated carbocycles. The summed E-state index contributed by atoms with van der Waals surface area (Å²) in [5.41, 5.74) is 1.63. The van der Waals surface area contributed by atoms with Crippen molar-refractivity contribution in [2.45, 2.75) is 17.1 Å². The third-order valence-corrected chi connectivity index (χ3v) is 5.88. The molecule has 0 spiro atoms. The second-order valence-corrected chi connectivity index (χ2v) is 7.90. The zero-order valence-corrected chi connectivity index (χ0v) is 14.9. The molecule has 0 aliphatic rings. The number of rotatable bonds is 6. The quantitative estimate of drug-likeness (QED) is 0.872. The lowest BCUT2D eigenvalue weighted by molar-refractivity contribution is -0.118. The molecule has 5 nitrogen and oxygen atoms in total. The SMILES string of the molecule is CC(=O)NC[C@H](c1ccc(N(C)C)cc1)S(=O)(=O)c1ccccc1. The summed E-state index contributed by atoms with van der Waals surface area (Å²) in [4.78, 5) is 13.5. The van der Waals surface area contributed by atoms with Crippen molar-refractivity contribution in [3.63, 3.8) is 0 Å². The Balaban J connectivity index is 2.42. The first-order chi connectivity index (χ1) is 11.3. The second-order valence-electron chi connectivity index (χ2n) is 5.77. The molecule has 0 aromatic heterocycles. The van der Waals surface area contributed by atoms with E-state index in [2.05, 4.69) is 5.32 Å². The van der Waals surface area contributed by atoms with Gasteiger partial charge >= 0.3 is 0 Å². The lowest BCUT2D eigenvalue weighted by Gasteiger charge is -2.20. The van der Waals surface area contributed by atoms with E-state index in [0.717, 1.165) is 5.69 Å². The summed E-state index contributed by atoms with van der Waals surface area (Å²) in [6.07, 6.45) is 0. The largest absolute Gasteiger partial charge is 0.378 e. The average molecular weight is 346 g/mol. The van der Waals surface area contributed by atoms with Crippen molar-refractivity contribution in [2.24, 2.45) is 0 Å². The van der Waals surface area contributed by atoms with Crippen molar-refractivity contribution < 1.29 is 13.2 Å². The van der Waals surface area contributed by atoms with Gasteiger partial charge in [-0.3, -0.25) is 4.79 Å². The summed E-state index contributed by atoms with van der Waals surface area (Å²) in [6, 6.07) is 15.6. The molecule has 0 radical (unpaired) electrons. The molecule has 1 amide bonds. The molecule has 128 valence electrons. The van der Waals surface area contributed by atoms with Crippen LogP contribution in [0.5, 0.6) is 0 Å². The van der Waals surface area contributed by atoms with E-state index < -0.39 is 15.1 Å². The molecular formula is C18H22N2O3S. The molecule has 0 heterocycles. The lowest BCUT2D eigenvalue weighted by atomic mass is 10.1. The van der Waals surface area contributed by atoms with Crippen LogP contribution in [-0.4, -0.2) is 35.0 Å². The first-order valence-corrected chi connectivity index (χ1v) is 9.17. The van der Waals surface area contributed by atoms with Crippen LogP contribution in [-0.2, 0) is 14.6 Å². The number of nitrogens with zero attached hydrogens (tertiary/aromatic N) is 1. The van der Waals surface area contributed by atoms with Crippen molar-refractivity contribution >= 4 is 21.4 Å². The van der Waals surface area contributed by atoms with Gasteiger partial charge in [-0.15, -0.1) is 0 Å². The first-order valence-electron chi connectivity index (χ1n) is 7.63. The highest BCUT2D eigenvalue weighted by molar-refractivity contribution is 7.91. The van der Waals surface area contributed by atoms with Crippen molar-refractivity contribution in [1.29, 1.82) is 0 Å². The third-order valence-electron chi connectivity index (χ3n) is 3.76. The van der Waals surface area contributed by atoms with E-state index in [4.69, 9.17) is 0 Å². The number of benzene rings is 2. The number of anilines is 1. The maximum Gasteiger partial charge on any atom is 0.216 e. The van der Waals surface area contributed by atoms with Crippen LogP contribution in [0.1, 0.15) is 17.7 Å². The summed E-state index contributed by atoms with van der Waals surface area (Å²) < 4.78 is 26.0. The van der Waals surface area contributed by atoms with Gasteiger partial charge in [0.05, 0.1) is 4.90 Å². The van der Waals surface area contributed by atoms with Gasteiger partial charge in [-0.1, -0.05) is 30.3 Å². The van der Waals surface area contributed by atoms with Crippen molar-refractivity contribution in [1.82, 2.24) is 5.32 Å². The van der Waals surface area contributed by atoms with Crippen LogP contribution in [0.4, 0.5) is 5.69 Å². The Morgan fingerprint density at radius 3 is 2.12 bits per heavy atom. The second kappa shape index (κ2) is 7.49. The summed E-state index contributed by atoms with van der Waals surface area (Å²) in [6.45, 7) is 1.41. The van der Waals surface area contributed by atoms with Crippen LogP contribution in [0.15, 0.2) is 59.5 Å². The molecule has 2 aromatic carbocycles. The Hall–Kier alpha value is -2.34. The van der Waals surface area contributed by atoms with E-state index in [9.17, 15) is 13.2 Å². The molecule has 0 aliphatic carbocycles. The number of sulfone groups is 1. The summed E-state index contributed by atoms with van der Waals surface area (Å²) in [5, 5.41) is 1.80. The molecule has 2 aromatic rings. The Bertz CT molecular complexity index is 785. The number of carbonyl (C=O) groups excluding carboxylic acids is 1. The Labute approximate surface area is 143 Å². The molecular weight excluding hydrogens is 324 g/mol. The van der Waals surface area contributed by atoms with Gasteiger partial charge in [-0.25, -0.2) is 8.42 Å². The number of nitrogens with one attached hydrogen (secondary N) is 1. The minimum atomic E-state index is -3.61. The van der Waals surface area contributed by atoms with E-state index in [1.165, 1.54) is 6.92 Å². The van der Waals surface area contributed by atoms with Crippen LogP contribution in [0.2, 0.25) is 0 Å². The maximum absolute atomic E-state index is 13.0. The highest BCUT2D eigenvalue weighted by Crippen LogP contribution is 2.29. The standard InChI is InChI=1S/C18H22N2O3S/c1-14(21)19-13-18(15-9-11-16(12-10-15)20(2)3)24(22,23)17-7-5-4-6-8-17/h4-12,18H,13H2,1-3H3,(H,19,21)/t18-/m1/s1. The van der Waals surface area contributed by atoms with Crippen LogP contribution < -0.4 is 10.2 Å². The molecule has 0 unspecified atom stereocenters. The predicted molar refractivity (Wildman–Crippen MR) is 95.8 cm³/mol. The van der Waals surface area contributed by atoms with Crippen LogP contribution in [0.25, 0.3) is 0 Å². The molecule has 24 heavy (non-hydrogen) atoms. The van der Waals surface area contributed by atoms with Gasteiger partial charge < -0.3 is 10.2 Å². The van der Waals surface area contributed by atoms with Gasteiger partial charge in [-0.2, -0.15) is 0 Å². The molecule has 6 heteroatoms. The van der Waals surface area contributed by atoms with E-state index in [-0.39, 0.29) is 17.3 Å². The molecule has 1 N–H and O–H groups in total. The smallest absolute Gasteiger partial charge is 0.216 e. The topological polar surface area (TPSA) is 66.5 Å². The highest BCUT2D eigenvalue weighted by atomic mass is 32.2. The predicted octanol–water partition coefficient (Wildman–Crippen LogP) is 2.40. The van der Waals surface area contributed by atoms with Gasteiger partial charge in [0.25, 0.3) is 0 Å². The highest BCUT2D eigenvalue weighted by Gasteiger charge is 2.29. The van der Waals surface area contributed by atoms with Crippen molar-refractivity contribution in [3.05, 3.63) is 60.2 Å². The zero-order chi connectivity index (χ0) is 17.7. The molecule has 0 saturated heterocycles. The van der Waals surface area contributed by atoms with Crippen molar-refractivity contribution in [2.75, 3.05) is 25.5 Å². The average Bonchev–Trinajstić information content (AvgIpc) is 2.56. The molecule has 0 aliphatic heterocycles. The fourth-order valence-corrected chi connectivity index (χ4v) is 4.09. The summed E-state index contributed by atoms with van der Waals surface area (Å²) in [5.74, 6) is -0.256. The maximum atomic E-state index is 13.0. The zero-order valence-electron chi connectivity index (χ0n) is 14.1. The van der Waals surface area contributed by atoms with Gasteiger partial charge in [0.2, 0.25) is 5.91 Å². The molecule has 0 fully saturated rings. The van der Waals surface area contributed by atoms with Gasteiger partial charge in [0.1, 0.15) is 5.25 Å². The van der Waals surface area contributed by atoms with Gasteiger partial charge in [0, 0.05) is 33.3 Å². The van der Waals surface area contributed by atoms with E-state index >= 15 is 0 Å². The van der Waals surface area contributed by atoms with Crippen LogP contribution >= 0.6 is 0 Å². The lowest BCUT2D eigenvalue weighted by Crippen LogP contribution is -2.30.